The summed E-state index contributed by atoms with van der Waals surface area (Å²) in [6.07, 6.45) is 0.647. The summed E-state index contributed by atoms with van der Waals surface area (Å²) >= 11 is 3.27. The Morgan fingerprint density at radius 3 is 2.60 bits per heavy atom. The molecule has 3 nitrogen and oxygen atoms in total. The van der Waals surface area contributed by atoms with Crippen molar-refractivity contribution in [1.29, 1.82) is 0 Å². The summed E-state index contributed by atoms with van der Waals surface area (Å²) in [6, 6.07) is 5.23. The first-order chi connectivity index (χ1) is 6.94. The zero-order valence-electron chi connectivity index (χ0n) is 8.53. The molecule has 0 spiro atoms. The molecule has 84 valence electrons. The van der Waals surface area contributed by atoms with Crippen LogP contribution in [0.2, 0.25) is 0 Å². The van der Waals surface area contributed by atoms with Crippen LogP contribution in [0, 0.1) is 0 Å². The highest BCUT2D eigenvalue weighted by molar-refractivity contribution is 9.10. The molecule has 0 aromatic heterocycles. The molecule has 1 aromatic carbocycles. The third kappa shape index (κ3) is 3.83. The smallest absolute Gasteiger partial charge is 0.154 e. The standard InChI is InChI=1S/C10H14BrNO2S/c1-2-5-15(13,14)7-8-3-4-9(11)10(12)6-8/h3-4,6H,2,5,7,12H2,1H3. The van der Waals surface area contributed by atoms with E-state index in [0.29, 0.717) is 12.1 Å². The number of nitrogen functional groups attached to an aromatic ring is 1. The van der Waals surface area contributed by atoms with Gasteiger partial charge in [-0.3, -0.25) is 0 Å². The van der Waals surface area contributed by atoms with Gasteiger partial charge in [-0.1, -0.05) is 13.0 Å². The van der Waals surface area contributed by atoms with E-state index < -0.39 is 9.84 Å². The van der Waals surface area contributed by atoms with Crippen LogP contribution in [0.3, 0.4) is 0 Å². The minimum absolute atomic E-state index is 0.0678. The van der Waals surface area contributed by atoms with Crippen molar-refractivity contribution in [3.8, 4) is 0 Å². The summed E-state index contributed by atoms with van der Waals surface area (Å²) in [5.74, 6) is 0.293. The number of rotatable bonds is 4. The molecule has 0 aliphatic carbocycles. The minimum Gasteiger partial charge on any atom is -0.398 e. The third-order valence-electron chi connectivity index (χ3n) is 1.96. The predicted octanol–water partition coefficient (Wildman–Crippen LogP) is 2.36. The van der Waals surface area contributed by atoms with E-state index in [1.807, 2.05) is 6.92 Å². The lowest BCUT2D eigenvalue weighted by atomic mass is 10.2. The zero-order valence-corrected chi connectivity index (χ0v) is 10.9. The molecule has 0 fully saturated rings. The van der Waals surface area contributed by atoms with Gasteiger partial charge in [0.25, 0.3) is 0 Å². The fourth-order valence-corrected chi connectivity index (χ4v) is 3.02. The van der Waals surface area contributed by atoms with Crippen molar-refractivity contribution >= 4 is 31.5 Å². The number of anilines is 1. The lowest BCUT2D eigenvalue weighted by molar-refractivity contribution is 0.594. The van der Waals surface area contributed by atoms with Gasteiger partial charge in [-0.25, -0.2) is 8.42 Å². The van der Waals surface area contributed by atoms with Crippen molar-refractivity contribution < 1.29 is 8.42 Å². The molecule has 1 aromatic rings. The first-order valence-corrected chi connectivity index (χ1v) is 7.30. The van der Waals surface area contributed by atoms with Crippen LogP contribution in [0.4, 0.5) is 5.69 Å². The van der Waals surface area contributed by atoms with Crippen LogP contribution in [0.25, 0.3) is 0 Å². The van der Waals surface area contributed by atoms with Crippen molar-refractivity contribution in [1.82, 2.24) is 0 Å². The van der Waals surface area contributed by atoms with Crippen LogP contribution in [-0.2, 0) is 15.6 Å². The summed E-state index contributed by atoms with van der Waals surface area (Å²) in [5.41, 5.74) is 6.98. The third-order valence-corrected chi connectivity index (χ3v) is 4.49. The Kier molecular flexibility index (Phi) is 4.16. The average Bonchev–Trinajstić information content (AvgIpc) is 2.10. The molecule has 0 radical (unpaired) electrons. The highest BCUT2D eigenvalue weighted by atomic mass is 79.9. The Morgan fingerprint density at radius 2 is 2.07 bits per heavy atom. The molecule has 0 bridgehead atoms. The predicted molar refractivity (Wildman–Crippen MR) is 66.3 cm³/mol. The monoisotopic (exact) mass is 291 g/mol. The lowest BCUT2D eigenvalue weighted by Gasteiger charge is -2.05. The van der Waals surface area contributed by atoms with Gasteiger partial charge in [-0.05, 0) is 40.0 Å². The van der Waals surface area contributed by atoms with Gasteiger partial charge in [0.05, 0.1) is 11.5 Å². The van der Waals surface area contributed by atoms with Crippen LogP contribution in [-0.4, -0.2) is 14.2 Å². The first-order valence-electron chi connectivity index (χ1n) is 4.69. The summed E-state index contributed by atoms with van der Waals surface area (Å²) in [5, 5.41) is 0. The molecule has 0 heterocycles. The molecule has 1 rings (SSSR count). The van der Waals surface area contributed by atoms with E-state index in [-0.39, 0.29) is 11.5 Å². The second-order valence-electron chi connectivity index (χ2n) is 3.45. The largest absolute Gasteiger partial charge is 0.398 e. The molecule has 0 atom stereocenters. The van der Waals surface area contributed by atoms with Gasteiger partial charge < -0.3 is 5.73 Å². The molecule has 2 N–H and O–H groups in total. The van der Waals surface area contributed by atoms with Crippen molar-refractivity contribution in [2.45, 2.75) is 19.1 Å². The Labute approximate surface area is 98.7 Å². The Bertz CT molecular complexity index is 443. The fraction of sp³-hybridized carbons (Fsp3) is 0.400. The van der Waals surface area contributed by atoms with E-state index >= 15 is 0 Å². The number of sulfone groups is 1. The Morgan fingerprint density at radius 1 is 1.40 bits per heavy atom. The maximum Gasteiger partial charge on any atom is 0.154 e. The van der Waals surface area contributed by atoms with Crippen LogP contribution in [0.1, 0.15) is 18.9 Å². The topological polar surface area (TPSA) is 60.2 Å². The van der Waals surface area contributed by atoms with Gasteiger partial charge in [-0.2, -0.15) is 0 Å². The SMILES string of the molecule is CCCS(=O)(=O)Cc1ccc(Br)c(N)c1. The highest BCUT2D eigenvalue weighted by Gasteiger charge is 2.11. The molecule has 0 saturated heterocycles. The average molecular weight is 292 g/mol. The van der Waals surface area contributed by atoms with Gasteiger partial charge in [0.15, 0.2) is 9.84 Å². The summed E-state index contributed by atoms with van der Waals surface area (Å²) in [6.45, 7) is 1.85. The Balaban J connectivity index is 2.86. The van der Waals surface area contributed by atoms with Gasteiger partial charge in [-0.15, -0.1) is 0 Å². The molecule has 0 unspecified atom stereocenters. The number of hydrogen-bond acceptors (Lipinski definition) is 3. The number of nitrogens with two attached hydrogens (primary N) is 1. The number of halogens is 1. The maximum atomic E-state index is 11.5. The number of benzene rings is 1. The van der Waals surface area contributed by atoms with Crippen LogP contribution in [0.5, 0.6) is 0 Å². The molecule has 0 aliphatic heterocycles. The molecule has 0 saturated carbocycles. The van der Waals surface area contributed by atoms with E-state index in [2.05, 4.69) is 15.9 Å². The fourth-order valence-electron chi connectivity index (χ4n) is 1.32. The molecular weight excluding hydrogens is 278 g/mol. The summed E-state index contributed by atoms with van der Waals surface area (Å²) in [4.78, 5) is 0. The van der Waals surface area contributed by atoms with Crippen molar-refractivity contribution in [3.63, 3.8) is 0 Å². The van der Waals surface area contributed by atoms with E-state index in [9.17, 15) is 8.42 Å². The Hall–Kier alpha value is -0.550. The van der Waals surface area contributed by atoms with Crippen LogP contribution < -0.4 is 5.73 Å². The number of hydrogen-bond donors (Lipinski definition) is 1. The zero-order chi connectivity index (χ0) is 11.5. The van der Waals surface area contributed by atoms with Gasteiger partial charge in [0.2, 0.25) is 0 Å². The normalized spacial score (nSPS) is 11.6. The molecule has 0 aliphatic rings. The first kappa shape index (κ1) is 12.5. The van der Waals surface area contributed by atoms with Gasteiger partial charge in [0, 0.05) is 10.2 Å². The molecule has 0 amide bonds. The second-order valence-corrected chi connectivity index (χ2v) is 6.49. The van der Waals surface area contributed by atoms with Crippen LogP contribution in [0.15, 0.2) is 22.7 Å². The van der Waals surface area contributed by atoms with E-state index in [1.165, 1.54) is 0 Å². The minimum atomic E-state index is -2.99. The summed E-state index contributed by atoms with van der Waals surface area (Å²) in [7, 11) is -2.99. The molecule has 5 heteroatoms. The molecular formula is C10H14BrNO2S. The van der Waals surface area contributed by atoms with E-state index in [4.69, 9.17) is 5.73 Å². The van der Waals surface area contributed by atoms with Crippen molar-refractivity contribution in [3.05, 3.63) is 28.2 Å². The van der Waals surface area contributed by atoms with Crippen molar-refractivity contribution in [2.75, 3.05) is 11.5 Å². The maximum absolute atomic E-state index is 11.5. The van der Waals surface area contributed by atoms with Gasteiger partial charge >= 0.3 is 0 Å². The quantitative estimate of drug-likeness (QED) is 0.867. The lowest BCUT2D eigenvalue weighted by Crippen LogP contribution is -2.08. The van der Waals surface area contributed by atoms with E-state index in [1.54, 1.807) is 18.2 Å². The summed E-state index contributed by atoms with van der Waals surface area (Å²) < 4.78 is 23.9. The van der Waals surface area contributed by atoms with Crippen molar-refractivity contribution in [2.24, 2.45) is 0 Å². The molecule has 15 heavy (non-hydrogen) atoms. The van der Waals surface area contributed by atoms with Crippen LogP contribution >= 0.6 is 15.9 Å². The second kappa shape index (κ2) is 4.99. The van der Waals surface area contributed by atoms with E-state index in [0.717, 1.165) is 10.0 Å². The highest BCUT2D eigenvalue weighted by Crippen LogP contribution is 2.21. The van der Waals surface area contributed by atoms with Gasteiger partial charge in [0.1, 0.15) is 0 Å².